The van der Waals surface area contributed by atoms with E-state index in [2.05, 4.69) is 11.0 Å². The maximum atomic E-state index is 5.90. The highest BCUT2D eigenvalue weighted by Gasteiger charge is 2.11. The largest absolute Gasteiger partial charge is 0.493 e. The Morgan fingerprint density at radius 1 is 1.42 bits per heavy atom. The summed E-state index contributed by atoms with van der Waals surface area (Å²) in [6, 6.07) is 5.48. The Bertz CT molecular complexity index is 626. The molecule has 0 unspecified atom stereocenters. The molecule has 0 fully saturated rings. The summed E-state index contributed by atoms with van der Waals surface area (Å²) in [4.78, 5) is 0. The van der Waals surface area contributed by atoms with E-state index in [9.17, 15) is 0 Å². The Labute approximate surface area is 111 Å². The van der Waals surface area contributed by atoms with Crippen LogP contribution >= 0.6 is 0 Å². The van der Waals surface area contributed by atoms with Crippen LogP contribution in [-0.4, -0.2) is 23.5 Å². The molecule has 0 bridgehead atoms. The molecule has 0 atom stereocenters. The Balaban J connectivity index is 2.39. The number of benzene rings is 1. The van der Waals surface area contributed by atoms with Crippen molar-refractivity contribution >= 4 is 5.69 Å². The Hall–Kier alpha value is -2.61. The SMILES string of the molecule is C#CCOc1ccc(-c2nn(C)cc2N)cc1OC. The van der Waals surface area contributed by atoms with Crippen LogP contribution in [0.3, 0.4) is 0 Å². The number of aryl methyl sites for hydroxylation is 1. The average Bonchev–Trinajstić information content (AvgIpc) is 2.75. The minimum absolute atomic E-state index is 0.196. The first kappa shape index (κ1) is 12.8. The van der Waals surface area contributed by atoms with Gasteiger partial charge in [-0.3, -0.25) is 4.68 Å². The first-order valence-corrected chi connectivity index (χ1v) is 5.69. The van der Waals surface area contributed by atoms with Crippen LogP contribution in [0.1, 0.15) is 0 Å². The number of nitrogens with two attached hydrogens (primary N) is 1. The number of ether oxygens (including phenoxy) is 2. The predicted octanol–water partition coefficient (Wildman–Crippen LogP) is 1.69. The number of anilines is 1. The first-order valence-electron chi connectivity index (χ1n) is 5.69. The van der Waals surface area contributed by atoms with Gasteiger partial charge in [0.15, 0.2) is 11.5 Å². The third kappa shape index (κ3) is 2.63. The number of nitrogen functional groups attached to an aromatic ring is 1. The highest BCUT2D eigenvalue weighted by Crippen LogP contribution is 2.33. The summed E-state index contributed by atoms with van der Waals surface area (Å²) in [5.41, 5.74) is 8.09. The number of hydrogen-bond donors (Lipinski definition) is 1. The average molecular weight is 257 g/mol. The molecular formula is C14H15N3O2. The van der Waals surface area contributed by atoms with Crippen molar-refractivity contribution < 1.29 is 9.47 Å². The van der Waals surface area contributed by atoms with Gasteiger partial charge in [0.05, 0.1) is 12.8 Å². The maximum absolute atomic E-state index is 5.90. The molecule has 1 heterocycles. The van der Waals surface area contributed by atoms with Crippen molar-refractivity contribution in [3.8, 4) is 35.1 Å². The molecule has 2 aromatic rings. The van der Waals surface area contributed by atoms with Gasteiger partial charge >= 0.3 is 0 Å². The minimum atomic E-state index is 0.196. The van der Waals surface area contributed by atoms with E-state index in [-0.39, 0.29) is 6.61 Å². The predicted molar refractivity (Wildman–Crippen MR) is 73.9 cm³/mol. The zero-order valence-electron chi connectivity index (χ0n) is 10.9. The van der Waals surface area contributed by atoms with Gasteiger partial charge in [-0.15, -0.1) is 6.42 Å². The normalized spacial score (nSPS) is 9.95. The number of aromatic nitrogens is 2. The summed E-state index contributed by atoms with van der Waals surface area (Å²) in [7, 11) is 3.39. The molecule has 2 N–H and O–H groups in total. The van der Waals surface area contributed by atoms with E-state index in [4.69, 9.17) is 21.6 Å². The molecule has 0 saturated heterocycles. The van der Waals surface area contributed by atoms with Crippen LogP contribution in [0.4, 0.5) is 5.69 Å². The van der Waals surface area contributed by atoms with Crippen LogP contribution in [0.25, 0.3) is 11.3 Å². The molecule has 0 aliphatic rings. The topological polar surface area (TPSA) is 62.3 Å². The van der Waals surface area contributed by atoms with E-state index in [1.54, 1.807) is 24.1 Å². The van der Waals surface area contributed by atoms with E-state index in [0.29, 0.717) is 22.9 Å². The van der Waals surface area contributed by atoms with Crippen molar-refractivity contribution in [3.63, 3.8) is 0 Å². The van der Waals surface area contributed by atoms with Gasteiger partial charge in [-0.25, -0.2) is 0 Å². The van der Waals surface area contributed by atoms with Crippen LogP contribution in [0.5, 0.6) is 11.5 Å². The lowest BCUT2D eigenvalue weighted by Gasteiger charge is -2.10. The first-order chi connectivity index (χ1) is 9.15. The molecule has 0 saturated carbocycles. The molecule has 5 nitrogen and oxygen atoms in total. The third-order valence-corrected chi connectivity index (χ3v) is 2.61. The van der Waals surface area contributed by atoms with Crippen molar-refractivity contribution in [2.24, 2.45) is 7.05 Å². The fraction of sp³-hybridized carbons (Fsp3) is 0.214. The summed E-state index contributed by atoms with van der Waals surface area (Å²) >= 11 is 0. The maximum Gasteiger partial charge on any atom is 0.162 e. The van der Waals surface area contributed by atoms with Gasteiger partial charge in [0.25, 0.3) is 0 Å². The summed E-state index contributed by atoms with van der Waals surface area (Å²) in [5, 5.41) is 4.31. The molecule has 0 amide bonds. The van der Waals surface area contributed by atoms with Crippen LogP contribution in [0.2, 0.25) is 0 Å². The second-order valence-electron chi connectivity index (χ2n) is 3.97. The Kier molecular flexibility index (Phi) is 3.62. The number of hydrogen-bond acceptors (Lipinski definition) is 4. The number of nitrogens with zero attached hydrogens (tertiary/aromatic N) is 2. The number of terminal acetylenes is 1. The fourth-order valence-corrected chi connectivity index (χ4v) is 1.78. The monoisotopic (exact) mass is 257 g/mol. The van der Waals surface area contributed by atoms with Gasteiger partial charge in [0.2, 0.25) is 0 Å². The highest BCUT2D eigenvalue weighted by molar-refractivity contribution is 5.74. The van der Waals surface area contributed by atoms with Crippen molar-refractivity contribution in [2.45, 2.75) is 0 Å². The molecule has 0 spiro atoms. The Morgan fingerprint density at radius 3 is 2.79 bits per heavy atom. The van der Waals surface area contributed by atoms with Gasteiger partial charge in [-0.1, -0.05) is 5.92 Å². The van der Waals surface area contributed by atoms with Crippen molar-refractivity contribution in [1.82, 2.24) is 9.78 Å². The molecule has 1 aromatic heterocycles. The molecule has 98 valence electrons. The van der Waals surface area contributed by atoms with Gasteiger partial charge in [-0.05, 0) is 18.2 Å². The molecule has 0 aliphatic carbocycles. The minimum Gasteiger partial charge on any atom is -0.493 e. The van der Waals surface area contributed by atoms with Crippen LogP contribution < -0.4 is 15.2 Å². The van der Waals surface area contributed by atoms with E-state index in [0.717, 1.165) is 5.56 Å². The molecule has 1 aromatic carbocycles. The van der Waals surface area contributed by atoms with Crippen LogP contribution in [0, 0.1) is 12.3 Å². The van der Waals surface area contributed by atoms with E-state index < -0.39 is 0 Å². The van der Waals surface area contributed by atoms with E-state index >= 15 is 0 Å². The standard InChI is InChI=1S/C14H15N3O2/c1-4-7-19-12-6-5-10(8-13(12)18-3)14-11(15)9-17(2)16-14/h1,5-6,8-9H,7,15H2,2-3H3. The van der Waals surface area contributed by atoms with Crippen molar-refractivity contribution in [1.29, 1.82) is 0 Å². The lowest BCUT2D eigenvalue weighted by Crippen LogP contribution is -1.97. The van der Waals surface area contributed by atoms with E-state index in [1.807, 2.05) is 19.2 Å². The molecule has 0 radical (unpaired) electrons. The van der Waals surface area contributed by atoms with Gasteiger partial charge in [0.1, 0.15) is 12.3 Å². The number of methoxy groups -OCH3 is 1. The molecule has 5 heteroatoms. The van der Waals surface area contributed by atoms with Crippen molar-refractivity contribution in [3.05, 3.63) is 24.4 Å². The Morgan fingerprint density at radius 2 is 2.21 bits per heavy atom. The zero-order chi connectivity index (χ0) is 13.8. The second-order valence-corrected chi connectivity index (χ2v) is 3.97. The number of rotatable bonds is 4. The lowest BCUT2D eigenvalue weighted by atomic mass is 10.1. The highest BCUT2D eigenvalue weighted by atomic mass is 16.5. The zero-order valence-corrected chi connectivity index (χ0v) is 10.9. The van der Waals surface area contributed by atoms with Gasteiger partial charge in [-0.2, -0.15) is 5.10 Å². The van der Waals surface area contributed by atoms with Crippen molar-refractivity contribution in [2.75, 3.05) is 19.5 Å². The van der Waals surface area contributed by atoms with Crippen LogP contribution in [-0.2, 0) is 7.05 Å². The molecule has 19 heavy (non-hydrogen) atoms. The molecule has 2 rings (SSSR count). The van der Waals surface area contributed by atoms with Gasteiger partial charge in [0, 0.05) is 18.8 Å². The summed E-state index contributed by atoms with van der Waals surface area (Å²) in [6.07, 6.45) is 6.92. The summed E-state index contributed by atoms with van der Waals surface area (Å²) in [5.74, 6) is 3.60. The fourth-order valence-electron chi connectivity index (χ4n) is 1.78. The van der Waals surface area contributed by atoms with Gasteiger partial charge < -0.3 is 15.2 Å². The molecule has 0 aliphatic heterocycles. The molecular weight excluding hydrogens is 242 g/mol. The summed E-state index contributed by atoms with van der Waals surface area (Å²) in [6.45, 7) is 0.196. The second kappa shape index (κ2) is 5.36. The lowest BCUT2D eigenvalue weighted by molar-refractivity contribution is 0.331. The quantitative estimate of drug-likeness (QED) is 0.847. The van der Waals surface area contributed by atoms with E-state index in [1.165, 1.54) is 0 Å². The smallest absolute Gasteiger partial charge is 0.162 e. The summed E-state index contributed by atoms with van der Waals surface area (Å²) < 4.78 is 12.3. The van der Waals surface area contributed by atoms with Crippen LogP contribution in [0.15, 0.2) is 24.4 Å². The third-order valence-electron chi connectivity index (χ3n) is 2.61.